The third-order valence-electron chi connectivity index (χ3n) is 5.07. The standard InChI is InChI=1S/C22H20N4O/c1-15-21(16-7-3-2-4-8-16)27-22(23-15)17-11-13-18(14-12-17)26-20-10-6-5-9-19(20)24-25-26/h2-15,21-23H,1H3/t15-,21-,22-/m0/s1. The summed E-state index contributed by atoms with van der Waals surface area (Å²) >= 11 is 0. The van der Waals surface area contributed by atoms with E-state index in [9.17, 15) is 0 Å². The molecule has 0 amide bonds. The van der Waals surface area contributed by atoms with Crippen LogP contribution < -0.4 is 5.32 Å². The topological polar surface area (TPSA) is 52.0 Å². The van der Waals surface area contributed by atoms with E-state index in [4.69, 9.17) is 4.74 Å². The molecule has 3 aromatic carbocycles. The fourth-order valence-corrected chi connectivity index (χ4v) is 3.66. The number of para-hydroxylation sites is 1. The highest BCUT2D eigenvalue weighted by molar-refractivity contribution is 5.75. The number of hydrogen-bond donors (Lipinski definition) is 1. The minimum absolute atomic E-state index is 0.0511. The van der Waals surface area contributed by atoms with Crippen molar-refractivity contribution in [2.75, 3.05) is 0 Å². The molecule has 5 rings (SSSR count). The van der Waals surface area contributed by atoms with Crippen LogP contribution in [0.2, 0.25) is 0 Å². The lowest BCUT2D eigenvalue weighted by Gasteiger charge is -2.14. The Kier molecular flexibility index (Phi) is 3.96. The van der Waals surface area contributed by atoms with E-state index in [1.165, 1.54) is 5.56 Å². The van der Waals surface area contributed by atoms with Crippen LogP contribution in [0.3, 0.4) is 0 Å². The average Bonchev–Trinajstić information content (AvgIpc) is 3.33. The Hall–Kier alpha value is -3.02. The van der Waals surface area contributed by atoms with E-state index >= 15 is 0 Å². The van der Waals surface area contributed by atoms with Crippen molar-refractivity contribution in [1.82, 2.24) is 20.3 Å². The molecule has 0 radical (unpaired) electrons. The lowest BCUT2D eigenvalue weighted by molar-refractivity contribution is 0.0363. The number of hydrogen-bond acceptors (Lipinski definition) is 4. The molecular weight excluding hydrogens is 336 g/mol. The number of fused-ring (bicyclic) bond motifs is 1. The molecule has 2 heterocycles. The SMILES string of the molecule is C[C@@H]1N[C@H](c2ccc(-n3nnc4ccccc43)cc2)O[C@@H]1c1ccccc1. The van der Waals surface area contributed by atoms with Crippen molar-refractivity contribution in [2.45, 2.75) is 25.3 Å². The normalized spacial score (nSPS) is 22.3. The largest absolute Gasteiger partial charge is 0.350 e. The first kappa shape index (κ1) is 16.2. The molecule has 0 unspecified atom stereocenters. The van der Waals surface area contributed by atoms with Crippen molar-refractivity contribution < 1.29 is 4.74 Å². The highest BCUT2D eigenvalue weighted by Crippen LogP contribution is 2.35. The quantitative estimate of drug-likeness (QED) is 0.599. The van der Waals surface area contributed by atoms with E-state index in [-0.39, 0.29) is 18.4 Å². The summed E-state index contributed by atoms with van der Waals surface area (Å²) in [5.74, 6) is 0. The molecule has 0 aliphatic carbocycles. The zero-order chi connectivity index (χ0) is 18.2. The van der Waals surface area contributed by atoms with E-state index in [1.54, 1.807) is 0 Å². The zero-order valence-corrected chi connectivity index (χ0v) is 15.0. The second-order valence-electron chi connectivity index (χ2n) is 6.88. The summed E-state index contributed by atoms with van der Waals surface area (Å²) in [6, 6.07) is 26.9. The first-order valence-electron chi connectivity index (χ1n) is 9.17. The van der Waals surface area contributed by atoms with Gasteiger partial charge in [-0.15, -0.1) is 5.10 Å². The van der Waals surface area contributed by atoms with Crippen molar-refractivity contribution in [3.05, 3.63) is 90.0 Å². The van der Waals surface area contributed by atoms with Gasteiger partial charge < -0.3 is 4.74 Å². The fourth-order valence-electron chi connectivity index (χ4n) is 3.66. The molecule has 5 nitrogen and oxygen atoms in total. The van der Waals surface area contributed by atoms with Crippen molar-refractivity contribution in [2.24, 2.45) is 0 Å². The Labute approximate surface area is 157 Å². The second kappa shape index (κ2) is 6.61. The van der Waals surface area contributed by atoms with E-state index in [0.717, 1.165) is 22.3 Å². The summed E-state index contributed by atoms with van der Waals surface area (Å²) < 4.78 is 8.16. The van der Waals surface area contributed by atoms with Crippen LogP contribution in [-0.4, -0.2) is 21.0 Å². The first-order chi connectivity index (χ1) is 13.3. The molecule has 0 bridgehead atoms. The predicted molar refractivity (Wildman–Crippen MR) is 104 cm³/mol. The van der Waals surface area contributed by atoms with Gasteiger partial charge in [-0.25, -0.2) is 4.68 Å². The zero-order valence-electron chi connectivity index (χ0n) is 15.0. The first-order valence-corrected chi connectivity index (χ1v) is 9.17. The van der Waals surface area contributed by atoms with Gasteiger partial charge >= 0.3 is 0 Å². The third-order valence-corrected chi connectivity index (χ3v) is 5.07. The molecule has 3 atom stereocenters. The molecule has 1 aliphatic rings. The summed E-state index contributed by atoms with van der Waals surface area (Å²) in [6.45, 7) is 2.16. The molecule has 5 heteroatoms. The average molecular weight is 356 g/mol. The monoisotopic (exact) mass is 356 g/mol. The number of benzene rings is 3. The van der Waals surface area contributed by atoms with Crippen molar-refractivity contribution in [1.29, 1.82) is 0 Å². The van der Waals surface area contributed by atoms with Crippen LogP contribution in [0.15, 0.2) is 78.9 Å². The van der Waals surface area contributed by atoms with Gasteiger partial charge in [-0.1, -0.05) is 59.8 Å². The third kappa shape index (κ3) is 2.91. The lowest BCUT2D eigenvalue weighted by atomic mass is 10.0. The van der Waals surface area contributed by atoms with Gasteiger partial charge in [0.1, 0.15) is 17.8 Å². The minimum atomic E-state index is -0.119. The number of aromatic nitrogens is 3. The van der Waals surface area contributed by atoms with Crippen LogP contribution >= 0.6 is 0 Å². The number of rotatable bonds is 3. The molecule has 1 aromatic heterocycles. The van der Waals surface area contributed by atoms with E-state index in [2.05, 4.69) is 71.1 Å². The van der Waals surface area contributed by atoms with E-state index in [0.29, 0.717) is 0 Å². The Bertz CT molecular complexity index is 1060. The van der Waals surface area contributed by atoms with Gasteiger partial charge in [0.25, 0.3) is 0 Å². The molecule has 134 valence electrons. The fraction of sp³-hybridized carbons (Fsp3) is 0.182. The van der Waals surface area contributed by atoms with Crippen LogP contribution in [0.4, 0.5) is 0 Å². The summed E-state index contributed by atoms with van der Waals surface area (Å²) in [5, 5.41) is 12.0. The molecule has 4 aromatic rings. The highest BCUT2D eigenvalue weighted by Gasteiger charge is 2.33. The Morgan fingerprint density at radius 3 is 2.41 bits per heavy atom. The molecule has 1 saturated heterocycles. The number of nitrogens with zero attached hydrogens (tertiary/aromatic N) is 3. The van der Waals surface area contributed by atoms with Crippen LogP contribution in [0, 0.1) is 0 Å². The number of ether oxygens (including phenoxy) is 1. The number of nitrogens with one attached hydrogen (secondary N) is 1. The van der Waals surface area contributed by atoms with E-state index in [1.807, 2.05) is 35.0 Å². The summed E-state index contributed by atoms with van der Waals surface area (Å²) in [6.07, 6.45) is -0.0677. The van der Waals surface area contributed by atoms with Crippen LogP contribution in [-0.2, 0) is 4.74 Å². The Morgan fingerprint density at radius 2 is 1.59 bits per heavy atom. The maximum Gasteiger partial charge on any atom is 0.135 e. The molecule has 1 aliphatic heterocycles. The summed E-state index contributed by atoms with van der Waals surface area (Å²) in [4.78, 5) is 0. The van der Waals surface area contributed by atoms with Gasteiger partial charge in [0.2, 0.25) is 0 Å². The molecule has 0 saturated carbocycles. The van der Waals surface area contributed by atoms with E-state index < -0.39 is 0 Å². The van der Waals surface area contributed by atoms with Gasteiger partial charge in [-0.05, 0) is 42.3 Å². The van der Waals surface area contributed by atoms with Gasteiger partial charge in [0, 0.05) is 6.04 Å². The maximum absolute atomic E-state index is 6.30. The van der Waals surface area contributed by atoms with Crippen molar-refractivity contribution >= 4 is 11.0 Å². The van der Waals surface area contributed by atoms with Gasteiger partial charge in [0.15, 0.2) is 0 Å². The Morgan fingerprint density at radius 1 is 0.852 bits per heavy atom. The molecular formula is C22H20N4O. The van der Waals surface area contributed by atoms with Gasteiger partial charge in [-0.2, -0.15) is 0 Å². The lowest BCUT2D eigenvalue weighted by Crippen LogP contribution is -2.23. The molecule has 0 spiro atoms. The highest BCUT2D eigenvalue weighted by atomic mass is 16.5. The smallest absolute Gasteiger partial charge is 0.135 e. The molecule has 1 N–H and O–H groups in total. The second-order valence-corrected chi connectivity index (χ2v) is 6.88. The summed E-state index contributed by atoms with van der Waals surface area (Å²) in [5.41, 5.74) is 5.18. The molecule has 1 fully saturated rings. The van der Waals surface area contributed by atoms with Gasteiger partial charge in [-0.3, -0.25) is 5.32 Å². The predicted octanol–water partition coefficient (Wildman–Crippen LogP) is 4.17. The Balaban J connectivity index is 1.39. The van der Waals surface area contributed by atoms with Crippen molar-refractivity contribution in [3.63, 3.8) is 0 Å². The minimum Gasteiger partial charge on any atom is -0.350 e. The van der Waals surface area contributed by atoms with Crippen LogP contribution in [0.1, 0.15) is 30.4 Å². The van der Waals surface area contributed by atoms with Crippen LogP contribution in [0.25, 0.3) is 16.7 Å². The summed E-state index contributed by atoms with van der Waals surface area (Å²) in [7, 11) is 0. The molecule has 27 heavy (non-hydrogen) atoms. The van der Waals surface area contributed by atoms with Crippen LogP contribution in [0.5, 0.6) is 0 Å². The maximum atomic E-state index is 6.30. The van der Waals surface area contributed by atoms with Crippen molar-refractivity contribution in [3.8, 4) is 5.69 Å². The van der Waals surface area contributed by atoms with Gasteiger partial charge in [0.05, 0.1) is 11.2 Å².